The maximum absolute atomic E-state index is 12.2. The van der Waals surface area contributed by atoms with Crippen LogP contribution in [-0.2, 0) is 0 Å². The third-order valence-electron chi connectivity index (χ3n) is 4.55. The largest absolute Gasteiger partial charge is 0.367 e. The lowest BCUT2D eigenvalue weighted by Crippen LogP contribution is -2.32. The zero-order valence-corrected chi connectivity index (χ0v) is 13.4. The Morgan fingerprint density at radius 1 is 1.23 bits per heavy atom. The van der Waals surface area contributed by atoms with E-state index < -0.39 is 0 Å². The standard InChI is InChI=1S/C17H26N4O/c1-2-18-17(22)13-11-15(19-14-7-6-8-14)20-16(12-13)21-9-4-3-5-10-21/h11-12,14H,2-10H2,1H3,(H,18,22)(H,19,20). The topological polar surface area (TPSA) is 57.3 Å². The van der Waals surface area contributed by atoms with Gasteiger partial charge in [0.1, 0.15) is 11.6 Å². The van der Waals surface area contributed by atoms with Gasteiger partial charge in [0.05, 0.1) is 0 Å². The van der Waals surface area contributed by atoms with Gasteiger partial charge in [0.25, 0.3) is 5.91 Å². The molecule has 0 radical (unpaired) electrons. The number of piperidine rings is 1. The number of carbonyl (C=O) groups is 1. The summed E-state index contributed by atoms with van der Waals surface area (Å²) in [5, 5.41) is 6.36. The molecule has 0 unspecified atom stereocenters. The van der Waals surface area contributed by atoms with Crippen LogP contribution in [0.15, 0.2) is 12.1 Å². The molecule has 5 nitrogen and oxygen atoms in total. The van der Waals surface area contributed by atoms with E-state index in [1.165, 1.54) is 38.5 Å². The molecule has 1 saturated heterocycles. The van der Waals surface area contributed by atoms with Crippen LogP contribution in [0, 0.1) is 0 Å². The molecule has 1 amide bonds. The number of hydrogen-bond donors (Lipinski definition) is 2. The normalized spacial score (nSPS) is 18.7. The molecule has 1 aromatic heterocycles. The molecular formula is C17H26N4O. The Hall–Kier alpha value is -1.78. The van der Waals surface area contributed by atoms with E-state index >= 15 is 0 Å². The summed E-state index contributed by atoms with van der Waals surface area (Å²) in [7, 11) is 0. The fraction of sp³-hybridized carbons (Fsp3) is 0.647. The van der Waals surface area contributed by atoms with Crippen molar-refractivity contribution in [3.63, 3.8) is 0 Å². The number of rotatable bonds is 5. The van der Waals surface area contributed by atoms with Crippen molar-refractivity contribution >= 4 is 17.5 Å². The average molecular weight is 302 g/mol. The number of anilines is 2. The number of hydrogen-bond acceptors (Lipinski definition) is 4. The summed E-state index contributed by atoms with van der Waals surface area (Å²) >= 11 is 0. The average Bonchev–Trinajstić information content (AvgIpc) is 2.52. The first-order valence-electron chi connectivity index (χ1n) is 8.58. The maximum Gasteiger partial charge on any atom is 0.251 e. The maximum atomic E-state index is 12.2. The molecule has 2 fully saturated rings. The molecule has 1 saturated carbocycles. The van der Waals surface area contributed by atoms with Gasteiger partial charge in [-0.25, -0.2) is 4.98 Å². The molecular weight excluding hydrogens is 276 g/mol. The van der Waals surface area contributed by atoms with Crippen LogP contribution in [0.2, 0.25) is 0 Å². The minimum absolute atomic E-state index is 0.0141. The molecule has 1 aromatic rings. The summed E-state index contributed by atoms with van der Waals surface area (Å²) < 4.78 is 0. The molecule has 2 N–H and O–H groups in total. The molecule has 0 bridgehead atoms. The van der Waals surface area contributed by atoms with E-state index in [0.29, 0.717) is 18.2 Å². The summed E-state index contributed by atoms with van der Waals surface area (Å²) in [5.41, 5.74) is 0.708. The zero-order valence-electron chi connectivity index (χ0n) is 13.4. The fourth-order valence-electron chi connectivity index (χ4n) is 3.03. The van der Waals surface area contributed by atoms with Gasteiger partial charge in [-0.05, 0) is 57.6 Å². The van der Waals surface area contributed by atoms with E-state index in [2.05, 4.69) is 15.5 Å². The van der Waals surface area contributed by atoms with Gasteiger partial charge in [-0.3, -0.25) is 4.79 Å². The van der Waals surface area contributed by atoms with Gasteiger partial charge in [-0.15, -0.1) is 0 Å². The monoisotopic (exact) mass is 302 g/mol. The second-order valence-electron chi connectivity index (χ2n) is 6.28. The van der Waals surface area contributed by atoms with Crippen molar-refractivity contribution in [3.05, 3.63) is 17.7 Å². The third-order valence-corrected chi connectivity index (χ3v) is 4.55. The van der Waals surface area contributed by atoms with Gasteiger partial charge in [0.15, 0.2) is 0 Å². The Kier molecular flexibility index (Phi) is 4.80. The first-order chi connectivity index (χ1) is 10.8. The summed E-state index contributed by atoms with van der Waals surface area (Å²) in [6.07, 6.45) is 7.39. The van der Waals surface area contributed by atoms with Gasteiger partial charge >= 0.3 is 0 Å². The smallest absolute Gasteiger partial charge is 0.251 e. The van der Waals surface area contributed by atoms with E-state index in [4.69, 9.17) is 4.98 Å². The lowest BCUT2D eigenvalue weighted by molar-refractivity contribution is 0.0956. The minimum atomic E-state index is -0.0141. The second-order valence-corrected chi connectivity index (χ2v) is 6.28. The van der Waals surface area contributed by atoms with E-state index in [1.54, 1.807) is 0 Å². The molecule has 0 atom stereocenters. The SMILES string of the molecule is CCNC(=O)c1cc(NC2CCC2)nc(N2CCCCC2)c1. The Balaban J connectivity index is 1.84. The van der Waals surface area contributed by atoms with Gasteiger partial charge in [0, 0.05) is 31.2 Å². The Morgan fingerprint density at radius 3 is 2.64 bits per heavy atom. The number of nitrogens with one attached hydrogen (secondary N) is 2. The molecule has 120 valence electrons. The highest BCUT2D eigenvalue weighted by Crippen LogP contribution is 2.26. The molecule has 0 aromatic carbocycles. The Labute approximate surface area is 132 Å². The lowest BCUT2D eigenvalue weighted by Gasteiger charge is -2.30. The summed E-state index contributed by atoms with van der Waals surface area (Å²) in [5.74, 6) is 1.76. The van der Waals surface area contributed by atoms with Crippen molar-refractivity contribution < 1.29 is 4.79 Å². The van der Waals surface area contributed by atoms with Gasteiger partial charge in [0.2, 0.25) is 0 Å². The molecule has 22 heavy (non-hydrogen) atoms. The van der Waals surface area contributed by atoms with E-state index in [9.17, 15) is 4.79 Å². The van der Waals surface area contributed by atoms with Crippen LogP contribution >= 0.6 is 0 Å². The number of pyridine rings is 1. The zero-order chi connectivity index (χ0) is 15.4. The van der Waals surface area contributed by atoms with E-state index in [-0.39, 0.29) is 5.91 Å². The van der Waals surface area contributed by atoms with Gasteiger partial charge < -0.3 is 15.5 Å². The molecule has 5 heteroatoms. The molecule has 2 aliphatic rings. The Morgan fingerprint density at radius 2 is 2.00 bits per heavy atom. The second kappa shape index (κ2) is 6.99. The first kappa shape index (κ1) is 15.1. The summed E-state index contributed by atoms with van der Waals surface area (Å²) in [6, 6.07) is 4.34. The van der Waals surface area contributed by atoms with Crippen molar-refractivity contribution in [3.8, 4) is 0 Å². The van der Waals surface area contributed by atoms with Crippen LogP contribution in [0.5, 0.6) is 0 Å². The quantitative estimate of drug-likeness (QED) is 0.878. The first-order valence-corrected chi connectivity index (χ1v) is 8.58. The molecule has 2 heterocycles. The number of aromatic nitrogens is 1. The van der Waals surface area contributed by atoms with E-state index in [1.807, 2.05) is 19.1 Å². The highest BCUT2D eigenvalue weighted by atomic mass is 16.1. The van der Waals surface area contributed by atoms with Crippen LogP contribution in [0.3, 0.4) is 0 Å². The number of carbonyl (C=O) groups excluding carboxylic acids is 1. The van der Waals surface area contributed by atoms with Gasteiger partial charge in [-0.1, -0.05) is 0 Å². The van der Waals surface area contributed by atoms with Crippen molar-refractivity contribution in [2.75, 3.05) is 29.9 Å². The van der Waals surface area contributed by atoms with Crippen molar-refractivity contribution in [1.29, 1.82) is 0 Å². The molecule has 0 spiro atoms. The third kappa shape index (κ3) is 3.51. The molecule has 3 rings (SSSR count). The fourth-order valence-corrected chi connectivity index (χ4v) is 3.03. The van der Waals surface area contributed by atoms with Crippen molar-refractivity contribution in [1.82, 2.24) is 10.3 Å². The molecule has 1 aliphatic carbocycles. The van der Waals surface area contributed by atoms with E-state index in [0.717, 1.165) is 24.7 Å². The summed E-state index contributed by atoms with van der Waals surface area (Å²) in [4.78, 5) is 19.3. The number of nitrogens with zero attached hydrogens (tertiary/aromatic N) is 2. The van der Waals surface area contributed by atoms with Crippen LogP contribution in [0.4, 0.5) is 11.6 Å². The molecule has 1 aliphatic heterocycles. The van der Waals surface area contributed by atoms with Crippen molar-refractivity contribution in [2.24, 2.45) is 0 Å². The van der Waals surface area contributed by atoms with Crippen LogP contribution in [0.1, 0.15) is 55.8 Å². The predicted molar refractivity (Wildman–Crippen MR) is 89.6 cm³/mol. The van der Waals surface area contributed by atoms with Crippen LogP contribution in [-0.4, -0.2) is 36.6 Å². The highest BCUT2D eigenvalue weighted by Gasteiger charge is 2.20. The highest BCUT2D eigenvalue weighted by molar-refractivity contribution is 5.95. The van der Waals surface area contributed by atoms with Gasteiger partial charge in [-0.2, -0.15) is 0 Å². The van der Waals surface area contributed by atoms with Crippen LogP contribution < -0.4 is 15.5 Å². The number of amides is 1. The minimum Gasteiger partial charge on any atom is -0.367 e. The summed E-state index contributed by atoms with van der Waals surface area (Å²) in [6.45, 7) is 4.66. The van der Waals surface area contributed by atoms with Crippen LogP contribution in [0.25, 0.3) is 0 Å². The van der Waals surface area contributed by atoms with Crippen molar-refractivity contribution in [2.45, 2.75) is 51.5 Å². The predicted octanol–water partition coefficient (Wildman–Crippen LogP) is 2.79. The lowest BCUT2D eigenvalue weighted by atomic mass is 9.93. The Bertz CT molecular complexity index is 521.